The Kier molecular flexibility index (Phi) is 3.61. The van der Waals surface area contributed by atoms with Gasteiger partial charge in [0, 0.05) is 11.3 Å². The maximum Gasteiger partial charge on any atom is 0.416 e. The second kappa shape index (κ2) is 5.72. The average Bonchev–Trinajstić information content (AvgIpc) is 2.60. The molecule has 26 heavy (non-hydrogen) atoms. The SMILES string of the molecule is O=C1C[C@@H](c2cccc(C(F)(F)F)c2)c2c(c3ccccc3[nH]c2=O)O1. The summed E-state index contributed by atoms with van der Waals surface area (Å²) >= 11 is 0. The van der Waals surface area contributed by atoms with Crippen LogP contribution in [0, 0.1) is 0 Å². The number of pyridine rings is 1. The number of alkyl halides is 3. The number of rotatable bonds is 1. The molecule has 0 aliphatic carbocycles. The Balaban J connectivity index is 1.95. The smallest absolute Gasteiger partial charge is 0.416 e. The van der Waals surface area contributed by atoms with Crippen molar-refractivity contribution in [2.45, 2.75) is 18.5 Å². The van der Waals surface area contributed by atoms with Crippen LogP contribution in [0.4, 0.5) is 13.2 Å². The Morgan fingerprint density at radius 1 is 1.04 bits per heavy atom. The van der Waals surface area contributed by atoms with E-state index in [4.69, 9.17) is 4.74 Å². The first-order chi connectivity index (χ1) is 12.3. The third-order valence-corrected chi connectivity index (χ3v) is 4.46. The largest absolute Gasteiger partial charge is 0.425 e. The summed E-state index contributed by atoms with van der Waals surface area (Å²) in [5, 5.41) is 0.534. The van der Waals surface area contributed by atoms with E-state index in [1.165, 1.54) is 12.1 Å². The molecule has 2 aromatic carbocycles. The molecule has 0 spiro atoms. The number of ether oxygens (including phenoxy) is 1. The van der Waals surface area contributed by atoms with Gasteiger partial charge < -0.3 is 9.72 Å². The molecule has 0 fully saturated rings. The maximum absolute atomic E-state index is 13.0. The fourth-order valence-corrected chi connectivity index (χ4v) is 3.29. The van der Waals surface area contributed by atoms with E-state index in [9.17, 15) is 22.8 Å². The number of nitrogens with one attached hydrogen (secondary N) is 1. The summed E-state index contributed by atoms with van der Waals surface area (Å²) in [6.07, 6.45) is -4.71. The van der Waals surface area contributed by atoms with Gasteiger partial charge in [-0.15, -0.1) is 0 Å². The third kappa shape index (κ3) is 2.65. The summed E-state index contributed by atoms with van der Waals surface area (Å²) in [5.74, 6) is -1.28. The first-order valence-corrected chi connectivity index (χ1v) is 7.87. The third-order valence-electron chi connectivity index (χ3n) is 4.46. The van der Waals surface area contributed by atoms with E-state index >= 15 is 0 Å². The topological polar surface area (TPSA) is 59.2 Å². The second-order valence-corrected chi connectivity index (χ2v) is 6.10. The predicted molar refractivity (Wildman–Crippen MR) is 88.1 cm³/mol. The molecule has 1 aliphatic rings. The molecular formula is C19H12F3NO3. The Morgan fingerprint density at radius 3 is 2.58 bits per heavy atom. The van der Waals surface area contributed by atoms with Crippen molar-refractivity contribution in [3.63, 3.8) is 0 Å². The minimum Gasteiger partial charge on any atom is -0.425 e. The molecule has 1 atom stereocenters. The van der Waals surface area contributed by atoms with Crippen LogP contribution >= 0.6 is 0 Å². The molecular weight excluding hydrogens is 347 g/mol. The highest BCUT2D eigenvalue weighted by molar-refractivity contribution is 5.91. The van der Waals surface area contributed by atoms with Crippen molar-refractivity contribution in [3.05, 3.63) is 75.6 Å². The molecule has 0 radical (unpaired) electrons. The molecule has 4 rings (SSSR count). The quantitative estimate of drug-likeness (QED) is 0.669. The normalized spacial score (nSPS) is 17.0. The minimum absolute atomic E-state index is 0.114. The van der Waals surface area contributed by atoms with E-state index in [2.05, 4.69) is 4.98 Å². The average molecular weight is 359 g/mol. The van der Waals surface area contributed by atoms with E-state index in [1.54, 1.807) is 24.3 Å². The number of halogens is 3. The number of hydrogen-bond acceptors (Lipinski definition) is 3. The number of esters is 1. The highest BCUT2D eigenvalue weighted by Gasteiger charge is 2.35. The molecule has 0 saturated carbocycles. The fourth-order valence-electron chi connectivity index (χ4n) is 3.29. The lowest BCUT2D eigenvalue weighted by atomic mass is 9.85. The van der Waals surface area contributed by atoms with E-state index in [0.717, 1.165) is 12.1 Å². The lowest BCUT2D eigenvalue weighted by molar-refractivity contribution is -0.137. The molecule has 0 amide bonds. The van der Waals surface area contributed by atoms with Crippen LogP contribution in [0.1, 0.15) is 29.0 Å². The standard InChI is InChI=1S/C19H12F3NO3/c20-19(21,22)11-5-3-4-10(8-11)13-9-15(24)26-17-12-6-1-2-7-14(12)23-18(25)16(13)17/h1-8,13H,9H2,(H,23,25)/t13-/m0/s1. The number of fused-ring (bicyclic) bond motifs is 3. The molecule has 1 aliphatic heterocycles. The van der Waals surface area contributed by atoms with E-state index < -0.39 is 29.2 Å². The molecule has 7 heteroatoms. The van der Waals surface area contributed by atoms with Crippen LogP contribution in [0.5, 0.6) is 5.75 Å². The molecule has 0 saturated heterocycles. The zero-order valence-electron chi connectivity index (χ0n) is 13.3. The lowest BCUT2D eigenvalue weighted by Gasteiger charge is -2.25. The Morgan fingerprint density at radius 2 is 1.81 bits per heavy atom. The van der Waals surface area contributed by atoms with E-state index in [0.29, 0.717) is 10.9 Å². The molecule has 1 N–H and O–H groups in total. The van der Waals surface area contributed by atoms with Crippen LogP contribution in [0.15, 0.2) is 53.3 Å². The fraction of sp³-hybridized carbons (Fsp3) is 0.158. The van der Waals surface area contributed by atoms with Gasteiger partial charge in [-0.2, -0.15) is 13.2 Å². The number of carbonyl (C=O) groups is 1. The van der Waals surface area contributed by atoms with Crippen LogP contribution in [0.3, 0.4) is 0 Å². The van der Waals surface area contributed by atoms with Crippen LogP contribution in [0.25, 0.3) is 10.9 Å². The lowest BCUT2D eigenvalue weighted by Crippen LogP contribution is -2.28. The molecule has 1 aromatic heterocycles. The van der Waals surface area contributed by atoms with Crippen molar-refractivity contribution in [1.82, 2.24) is 4.98 Å². The van der Waals surface area contributed by atoms with Crippen LogP contribution in [-0.4, -0.2) is 11.0 Å². The van der Waals surface area contributed by atoms with Crippen molar-refractivity contribution in [2.24, 2.45) is 0 Å². The summed E-state index contributed by atoms with van der Waals surface area (Å²) in [7, 11) is 0. The van der Waals surface area contributed by atoms with Crippen molar-refractivity contribution >= 4 is 16.9 Å². The van der Waals surface area contributed by atoms with Gasteiger partial charge in [0.15, 0.2) is 0 Å². The van der Waals surface area contributed by atoms with Gasteiger partial charge in [0.2, 0.25) is 0 Å². The highest BCUT2D eigenvalue weighted by Crippen LogP contribution is 2.41. The number of benzene rings is 2. The summed E-state index contributed by atoms with van der Waals surface area (Å²) in [5.41, 5.74) is -0.392. The second-order valence-electron chi connectivity index (χ2n) is 6.10. The summed E-state index contributed by atoms with van der Waals surface area (Å²) < 4.78 is 44.4. The monoisotopic (exact) mass is 359 g/mol. The Bertz CT molecular complexity index is 1090. The maximum atomic E-state index is 13.0. The van der Waals surface area contributed by atoms with E-state index in [1.807, 2.05) is 0 Å². The first kappa shape index (κ1) is 16.4. The predicted octanol–water partition coefficient (Wildman–Crippen LogP) is 3.99. The molecule has 2 heterocycles. The van der Waals surface area contributed by atoms with Crippen molar-refractivity contribution in [3.8, 4) is 5.75 Å². The minimum atomic E-state index is -4.51. The molecule has 4 nitrogen and oxygen atoms in total. The molecule has 3 aromatic rings. The van der Waals surface area contributed by atoms with Gasteiger partial charge in [0.05, 0.1) is 23.1 Å². The number of H-pyrrole nitrogens is 1. The Labute approximate surface area is 145 Å². The van der Waals surface area contributed by atoms with Crippen LogP contribution < -0.4 is 10.3 Å². The summed E-state index contributed by atoms with van der Waals surface area (Å²) in [6, 6.07) is 11.5. The zero-order valence-corrected chi connectivity index (χ0v) is 13.3. The van der Waals surface area contributed by atoms with Gasteiger partial charge in [-0.1, -0.05) is 30.3 Å². The zero-order chi connectivity index (χ0) is 18.5. The number of carbonyl (C=O) groups excluding carboxylic acids is 1. The van der Waals surface area contributed by atoms with Gasteiger partial charge in [-0.3, -0.25) is 9.59 Å². The molecule has 132 valence electrons. The molecule has 0 bridgehead atoms. The first-order valence-electron chi connectivity index (χ1n) is 7.87. The number of aromatic nitrogens is 1. The van der Waals surface area contributed by atoms with E-state index in [-0.39, 0.29) is 23.3 Å². The van der Waals surface area contributed by atoms with Crippen LogP contribution in [0.2, 0.25) is 0 Å². The van der Waals surface area contributed by atoms with Crippen LogP contribution in [-0.2, 0) is 11.0 Å². The molecule has 0 unspecified atom stereocenters. The summed E-state index contributed by atoms with van der Waals surface area (Å²) in [4.78, 5) is 27.4. The number of para-hydroxylation sites is 1. The van der Waals surface area contributed by atoms with Gasteiger partial charge in [0.1, 0.15) is 5.75 Å². The number of hydrogen-bond donors (Lipinski definition) is 1. The van der Waals surface area contributed by atoms with Gasteiger partial charge in [0.25, 0.3) is 5.56 Å². The van der Waals surface area contributed by atoms with Gasteiger partial charge in [-0.05, 0) is 23.8 Å². The highest BCUT2D eigenvalue weighted by atomic mass is 19.4. The van der Waals surface area contributed by atoms with Crippen molar-refractivity contribution < 1.29 is 22.7 Å². The Hall–Kier alpha value is -3.09. The van der Waals surface area contributed by atoms with Crippen molar-refractivity contribution in [2.75, 3.05) is 0 Å². The van der Waals surface area contributed by atoms with Gasteiger partial charge >= 0.3 is 12.1 Å². The van der Waals surface area contributed by atoms with Gasteiger partial charge in [-0.25, -0.2) is 0 Å². The number of aromatic amines is 1. The van der Waals surface area contributed by atoms with Crippen molar-refractivity contribution in [1.29, 1.82) is 0 Å². The summed E-state index contributed by atoms with van der Waals surface area (Å²) in [6.45, 7) is 0.